The molecule has 4 atom stereocenters. The van der Waals surface area contributed by atoms with Crippen molar-refractivity contribution in [2.75, 3.05) is 20.8 Å². The first-order valence-corrected chi connectivity index (χ1v) is 11.1. The number of nitrogens with one attached hydrogen (secondary N) is 1. The van der Waals surface area contributed by atoms with Crippen molar-refractivity contribution in [3.63, 3.8) is 0 Å². The van der Waals surface area contributed by atoms with Gasteiger partial charge >= 0.3 is 18.0 Å². The molecular formula is C23H33N5O7. The van der Waals surface area contributed by atoms with Gasteiger partial charge in [0.2, 0.25) is 5.91 Å². The molecule has 1 aromatic rings. The second-order valence-corrected chi connectivity index (χ2v) is 8.27. The summed E-state index contributed by atoms with van der Waals surface area (Å²) in [4.78, 5) is 53.7. The van der Waals surface area contributed by atoms with E-state index in [4.69, 9.17) is 19.7 Å². The highest BCUT2D eigenvalue weighted by molar-refractivity contribution is 5.91. The number of alkyl carbamates (subject to hydrolysis) is 1. The predicted molar refractivity (Wildman–Crippen MR) is 126 cm³/mol. The Hall–Kier alpha value is -3.79. The molecule has 0 aliphatic carbocycles. The molecule has 0 fully saturated rings. The van der Waals surface area contributed by atoms with Crippen LogP contribution in [0.2, 0.25) is 0 Å². The molecule has 0 spiro atoms. The average molecular weight is 492 g/mol. The predicted octanol–water partition coefficient (Wildman–Crippen LogP) is 2.96. The number of carbonyl (C=O) groups excluding carboxylic acids is 4. The van der Waals surface area contributed by atoms with Crippen LogP contribution in [0.1, 0.15) is 39.7 Å². The van der Waals surface area contributed by atoms with Gasteiger partial charge in [0.25, 0.3) is 0 Å². The van der Waals surface area contributed by atoms with Crippen LogP contribution in [0, 0.1) is 5.92 Å². The maximum Gasteiger partial charge on any atom is 0.408 e. The van der Waals surface area contributed by atoms with Crippen molar-refractivity contribution in [1.29, 1.82) is 0 Å². The smallest absolute Gasteiger partial charge is 0.408 e. The number of methoxy groups -OCH3 is 1. The number of rotatable bonds is 12. The summed E-state index contributed by atoms with van der Waals surface area (Å²) in [5, 5.41) is 5.87. The van der Waals surface area contributed by atoms with Crippen molar-refractivity contribution in [2.45, 2.75) is 58.3 Å². The van der Waals surface area contributed by atoms with E-state index in [-0.39, 0.29) is 12.5 Å². The molecule has 0 unspecified atom stereocenters. The van der Waals surface area contributed by atoms with Gasteiger partial charge in [-0.15, -0.1) is 0 Å². The zero-order valence-corrected chi connectivity index (χ0v) is 20.9. The Kier molecular flexibility index (Phi) is 11.5. The highest BCUT2D eigenvalue weighted by Gasteiger charge is 2.42. The third-order valence-electron chi connectivity index (χ3n) is 5.49. The molecule has 0 saturated heterocycles. The zero-order valence-electron chi connectivity index (χ0n) is 20.9. The number of hydrogen-bond acceptors (Lipinski definition) is 8. The Labute approximate surface area is 204 Å². The van der Waals surface area contributed by atoms with Crippen molar-refractivity contribution >= 4 is 23.9 Å². The first-order valence-electron chi connectivity index (χ1n) is 11.1. The number of nitrogens with zero attached hydrogens (tertiary/aromatic N) is 4. The Balaban J connectivity index is 2.81. The fraction of sp³-hybridized carbons (Fsp3) is 0.565. The van der Waals surface area contributed by atoms with Gasteiger partial charge in [0, 0.05) is 12.0 Å². The Bertz CT molecular complexity index is 935. The third-order valence-corrected chi connectivity index (χ3v) is 5.49. The minimum atomic E-state index is -1.84. The number of azide groups is 1. The van der Waals surface area contributed by atoms with E-state index in [1.165, 1.54) is 28.0 Å². The molecule has 0 aliphatic heterocycles. The van der Waals surface area contributed by atoms with Gasteiger partial charge in [-0.3, -0.25) is 4.79 Å². The van der Waals surface area contributed by atoms with Gasteiger partial charge in [-0.2, -0.15) is 0 Å². The highest BCUT2D eigenvalue weighted by Crippen LogP contribution is 2.22. The summed E-state index contributed by atoms with van der Waals surface area (Å²) in [6.07, 6.45) is -0.255. The number of esters is 2. The lowest BCUT2D eigenvalue weighted by molar-refractivity contribution is -0.158. The number of carbonyl (C=O) groups is 4. The fourth-order valence-electron chi connectivity index (χ4n) is 3.19. The summed E-state index contributed by atoms with van der Waals surface area (Å²) < 4.78 is 15.1. The standard InChI is InChI=1S/C23H33N5O7/c1-7-15(2)18(20(30)33-6)28(5)21(31)23(4,26-27-24)14-35-19(29)16(3)25-22(32)34-13-17-11-9-8-10-12-17/h8-12,15-16,18H,7,13-14H2,1-6H3,(H,25,32)/t15-,16-,18-,23-/m0/s1. The average Bonchev–Trinajstić information content (AvgIpc) is 2.85. The summed E-state index contributed by atoms with van der Waals surface area (Å²) in [5.74, 6) is -2.48. The molecular weight excluding hydrogens is 458 g/mol. The SMILES string of the molecule is CC[C@H](C)[C@@H](C(=O)OC)N(C)C(=O)[C@](C)(COC(=O)[C@H](C)NC(=O)OCc1ccccc1)N=[N+]=[N-]. The summed E-state index contributed by atoms with van der Waals surface area (Å²) in [7, 11) is 2.60. The van der Waals surface area contributed by atoms with Crippen molar-refractivity contribution in [3.8, 4) is 0 Å². The van der Waals surface area contributed by atoms with Gasteiger partial charge in [-0.1, -0.05) is 55.7 Å². The molecule has 12 heteroatoms. The van der Waals surface area contributed by atoms with Crippen LogP contribution in [-0.4, -0.2) is 67.2 Å². The van der Waals surface area contributed by atoms with E-state index < -0.39 is 48.2 Å². The van der Waals surface area contributed by atoms with E-state index in [2.05, 4.69) is 15.3 Å². The quantitative estimate of drug-likeness (QED) is 0.155. The first-order chi connectivity index (χ1) is 16.5. The van der Waals surface area contributed by atoms with Crippen LogP contribution < -0.4 is 5.32 Å². The van der Waals surface area contributed by atoms with Gasteiger partial charge in [0.1, 0.15) is 25.3 Å². The zero-order chi connectivity index (χ0) is 26.6. The normalized spacial score (nSPS) is 14.7. The minimum absolute atomic E-state index is 0.0157. The molecule has 0 aromatic heterocycles. The van der Waals surface area contributed by atoms with Crippen molar-refractivity contribution in [3.05, 3.63) is 46.3 Å². The lowest BCUT2D eigenvalue weighted by Gasteiger charge is -2.35. The van der Waals surface area contributed by atoms with E-state index in [0.29, 0.717) is 6.42 Å². The van der Waals surface area contributed by atoms with Crippen LogP contribution in [0.25, 0.3) is 10.4 Å². The van der Waals surface area contributed by atoms with Crippen molar-refractivity contribution < 1.29 is 33.4 Å². The van der Waals surface area contributed by atoms with E-state index in [1.807, 2.05) is 13.0 Å². The molecule has 0 aliphatic rings. The molecule has 0 bridgehead atoms. The number of likely N-dealkylation sites (N-methyl/N-ethyl adjacent to an activating group) is 1. The van der Waals surface area contributed by atoms with E-state index in [9.17, 15) is 19.2 Å². The van der Waals surface area contributed by atoms with E-state index >= 15 is 0 Å². The summed E-state index contributed by atoms with van der Waals surface area (Å²) in [6.45, 7) is 5.70. The Morgan fingerprint density at radius 3 is 2.31 bits per heavy atom. The Morgan fingerprint density at radius 2 is 1.77 bits per heavy atom. The van der Waals surface area contributed by atoms with Crippen LogP contribution in [0.3, 0.4) is 0 Å². The van der Waals surface area contributed by atoms with E-state index in [0.717, 1.165) is 10.5 Å². The van der Waals surface area contributed by atoms with Gasteiger partial charge in [-0.25, -0.2) is 14.4 Å². The Morgan fingerprint density at radius 1 is 1.14 bits per heavy atom. The molecule has 12 nitrogen and oxygen atoms in total. The number of hydrogen-bond donors (Lipinski definition) is 1. The molecule has 1 aromatic carbocycles. The monoisotopic (exact) mass is 491 g/mol. The van der Waals surface area contributed by atoms with Crippen molar-refractivity contribution in [1.82, 2.24) is 10.2 Å². The largest absolute Gasteiger partial charge is 0.467 e. The first kappa shape index (κ1) is 29.2. The molecule has 1 rings (SSSR count). The summed E-state index contributed by atoms with van der Waals surface area (Å²) in [5.41, 5.74) is 7.94. The fourth-order valence-corrected chi connectivity index (χ4v) is 3.19. The maximum absolute atomic E-state index is 13.2. The van der Waals surface area contributed by atoms with Gasteiger partial charge in [-0.05, 0) is 30.9 Å². The highest BCUT2D eigenvalue weighted by atomic mass is 16.6. The van der Waals surface area contributed by atoms with Gasteiger partial charge in [0.15, 0.2) is 5.54 Å². The molecule has 0 heterocycles. The molecule has 0 saturated carbocycles. The minimum Gasteiger partial charge on any atom is -0.467 e. The second-order valence-electron chi connectivity index (χ2n) is 8.27. The topological polar surface area (TPSA) is 160 Å². The maximum atomic E-state index is 13.2. The molecule has 1 N–H and O–H groups in total. The van der Waals surface area contributed by atoms with Crippen LogP contribution >= 0.6 is 0 Å². The third kappa shape index (κ3) is 8.49. The second kappa shape index (κ2) is 13.8. The lowest BCUT2D eigenvalue weighted by Crippen LogP contribution is -2.55. The van der Waals surface area contributed by atoms with Crippen LogP contribution in [-0.2, 0) is 35.2 Å². The van der Waals surface area contributed by atoms with E-state index in [1.54, 1.807) is 31.2 Å². The molecule has 35 heavy (non-hydrogen) atoms. The lowest BCUT2D eigenvalue weighted by atomic mass is 9.95. The molecule has 0 radical (unpaired) electrons. The van der Waals surface area contributed by atoms with Crippen LogP contribution in [0.5, 0.6) is 0 Å². The number of ether oxygens (including phenoxy) is 3. The summed E-state index contributed by atoms with van der Waals surface area (Å²) in [6, 6.07) is 6.95. The van der Waals surface area contributed by atoms with Crippen LogP contribution in [0.15, 0.2) is 35.4 Å². The number of benzene rings is 1. The van der Waals surface area contributed by atoms with Crippen molar-refractivity contribution in [2.24, 2.45) is 11.0 Å². The van der Waals surface area contributed by atoms with Gasteiger partial charge in [0.05, 0.1) is 7.11 Å². The molecule has 192 valence electrons. The summed E-state index contributed by atoms with van der Waals surface area (Å²) >= 11 is 0. The number of amides is 2. The van der Waals surface area contributed by atoms with Gasteiger partial charge < -0.3 is 24.4 Å². The molecule has 2 amide bonds. The van der Waals surface area contributed by atoms with Crippen LogP contribution in [0.4, 0.5) is 4.79 Å².